The smallest absolute Gasteiger partial charge is 0.338 e. The maximum absolute atomic E-state index is 11.4. The second kappa shape index (κ2) is 5.49. The van der Waals surface area contributed by atoms with Crippen LogP contribution >= 0.6 is 0 Å². The topological polar surface area (TPSA) is 60.4 Å². The van der Waals surface area contributed by atoms with Crippen molar-refractivity contribution in [3.63, 3.8) is 0 Å². The van der Waals surface area contributed by atoms with E-state index in [0.717, 1.165) is 12.2 Å². The summed E-state index contributed by atoms with van der Waals surface area (Å²) in [6.45, 7) is 0.0136. The van der Waals surface area contributed by atoms with Crippen LogP contribution in [0.5, 0.6) is 0 Å². The van der Waals surface area contributed by atoms with Crippen LogP contribution in [0.15, 0.2) is 42.5 Å². The molecule has 4 heteroatoms. The summed E-state index contributed by atoms with van der Waals surface area (Å²) in [5.41, 5.74) is 0.465. The first-order valence-electron chi connectivity index (χ1n) is 4.16. The molecule has 4 nitrogen and oxygen atoms in total. The van der Waals surface area contributed by atoms with Gasteiger partial charge in [0.15, 0.2) is 5.78 Å². The van der Waals surface area contributed by atoms with Gasteiger partial charge in [-0.25, -0.2) is 4.79 Å². The summed E-state index contributed by atoms with van der Waals surface area (Å²) >= 11 is 0. The lowest BCUT2D eigenvalue weighted by Gasteiger charge is -1.93. The zero-order chi connectivity index (χ0) is 11.1. The van der Waals surface area contributed by atoms with Crippen molar-refractivity contribution in [2.24, 2.45) is 0 Å². The molecule has 0 aliphatic heterocycles. The van der Waals surface area contributed by atoms with Crippen molar-refractivity contribution in [3.05, 3.63) is 48.0 Å². The largest absolute Gasteiger partial charge is 0.392 e. The Balaban J connectivity index is 2.64. The van der Waals surface area contributed by atoms with Crippen LogP contribution in [0.2, 0.25) is 0 Å². The van der Waals surface area contributed by atoms with E-state index in [9.17, 15) is 14.4 Å². The molecule has 0 radical (unpaired) electrons. The summed E-state index contributed by atoms with van der Waals surface area (Å²) in [7, 11) is 0. The fraction of sp³-hybridized carbons (Fsp3) is 0. The summed E-state index contributed by atoms with van der Waals surface area (Å²) in [6.07, 6.45) is 1.96. The fourth-order valence-electron chi connectivity index (χ4n) is 0.929. The molecule has 15 heavy (non-hydrogen) atoms. The van der Waals surface area contributed by atoms with Gasteiger partial charge in [-0.15, -0.1) is 0 Å². The molecule has 0 aromatic heterocycles. The fourth-order valence-corrected chi connectivity index (χ4v) is 0.929. The van der Waals surface area contributed by atoms with Crippen LogP contribution in [0.3, 0.4) is 0 Å². The Bertz CT molecular complexity index is 392. The van der Waals surface area contributed by atoms with E-state index in [4.69, 9.17) is 0 Å². The first-order chi connectivity index (χ1) is 7.24. The zero-order valence-electron chi connectivity index (χ0n) is 7.75. The van der Waals surface area contributed by atoms with Crippen molar-refractivity contribution in [1.29, 1.82) is 0 Å². The molecule has 76 valence electrons. The van der Waals surface area contributed by atoms with Crippen molar-refractivity contribution in [1.82, 2.24) is 0 Å². The highest BCUT2D eigenvalue weighted by atomic mass is 16.6. The van der Waals surface area contributed by atoms with Crippen LogP contribution in [0, 0.1) is 0 Å². The Morgan fingerprint density at radius 2 is 1.73 bits per heavy atom. The van der Waals surface area contributed by atoms with Gasteiger partial charge in [-0.05, 0) is 6.08 Å². The highest BCUT2D eigenvalue weighted by Crippen LogP contribution is 2.00. The third kappa shape index (κ3) is 3.56. The lowest BCUT2D eigenvalue weighted by molar-refractivity contribution is -0.147. The number of ether oxygens (including phenoxy) is 1. The Kier molecular flexibility index (Phi) is 3.97. The predicted octanol–water partition coefficient (Wildman–Crippen LogP) is 1.13. The standard InChI is InChI=1S/C11H8O4/c12-8-15-11(14)7-6-10(13)9-4-2-1-3-5-9/h1-8H. The molecular weight excluding hydrogens is 196 g/mol. The number of benzene rings is 1. The Morgan fingerprint density at radius 3 is 2.33 bits per heavy atom. The van der Waals surface area contributed by atoms with Crippen molar-refractivity contribution in [2.75, 3.05) is 0 Å². The van der Waals surface area contributed by atoms with Crippen LogP contribution in [-0.2, 0) is 14.3 Å². The van der Waals surface area contributed by atoms with Crippen molar-refractivity contribution in [2.45, 2.75) is 0 Å². The van der Waals surface area contributed by atoms with E-state index in [1.165, 1.54) is 0 Å². The van der Waals surface area contributed by atoms with Gasteiger partial charge in [0.1, 0.15) is 0 Å². The number of rotatable bonds is 4. The van der Waals surface area contributed by atoms with E-state index >= 15 is 0 Å². The Morgan fingerprint density at radius 1 is 1.07 bits per heavy atom. The van der Waals surface area contributed by atoms with E-state index in [0.29, 0.717) is 5.56 Å². The summed E-state index contributed by atoms with van der Waals surface area (Å²) in [6, 6.07) is 8.45. The molecule has 0 unspecified atom stereocenters. The van der Waals surface area contributed by atoms with E-state index in [1.54, 1.807) is 30.3 Å². The molecule has 0 amide bonds. The monoisotopic (exact) mass is 204 g/mol. The SMILES string of the molecule is O=COC(=O)C=CC(=O)c1ccccc1. The van der Waals surface area contributed by atoms with Crippen LogP contribution in [0.4, 0.5) is 0 Å². The third-order valence-corrected chi connectivity index (χ3v) is 1.59. The average molecular weight is 204 g/mol. The molecular formula is C11H8O4. The van der Waals surface area contributed by atoms with Gasteiger partial charge < -0.3 is 4.74 Å². The number of carbonyl (C=O) groups excluding carboxylic acids is 3. The van der Waals surface area contributed by atoms with Gasteiger partial charge in [-0.3, -0.25) is 9.59 Å². The van der Waals surface area contributed by atoms with E-state index in [1.807, 2.05) is 0 Å². The minimum absolute atomic E-state index is 0.0136. The Labute approximate surface area is 86.2 Å². The predicted molar refractivity (Wildman–Crippen MR) is 52.1 cm³/mol. The summed E-state index contributed by atoms with van der Waals surface area (Å²) < 4.78 is 3.97. The number of hydrogen-bond acceptors (Lipinski definition) is 4. The molecule has 0 bridgehead atoms. The number of esters is 1. The molecule has 0 heterocycles. The molecule has 0 saturated heterocycles. The van der Waals surface area contributed by atoms with Gasteiger partial charge in [0.25, 0.3) is 0 Å². The molecule has 1 rings (SSSR count). The van der Waals surface area contributed by atoms with E-state index in [-0.39, 0.29) is 12.3 Å². The van der Waals surface area contributed by atoms with Crippen LogP contribution in [0.1, 0.15) is 10.4 Å². The van der Waals surface area contributed by atoms with E-state index in [2.05, 4.69) is 4.74 Å². The first-order valence-corrected chi connectivity index (χ1v) is 4.16. The molecule has 1 aromatic carbocycles. The van der Waals surface area contributed by atoms with E-state index < -0.39 is 5.97 Å². The normalized spacial score (nSPS) is 9.87. The highest BCUT2D eigenvalue weighted by molar-refractivity contribution is 6.07. The van der Waals surface area contributed by atoms with Gasteiger partial charge in [0, 0.05) is 11.6 Å². The number of carbonyl (C=O) groups is 3. The maximum atomic E-state index is 11.4. The maximum Gasteiger partial charge on any atom is 0.338 e. The molecule has 0 aliphatic rings. The second-order valence-electron chi connectivity index (χ2n) is 2.60. The van der Waals surface area contributed by atoms with Crippen LogP contribution < -0.4 is 0 Å². The van der Waals surface area contributed by atoms with Crippen molar-refractivity contribution >= 4 is 18.2 Å². The minimum Gasteiger partial charge on any atom is -0.392 e. The van der Waals surface area contributed by atoms with Gasteiger partial charge in [0.2, 0.25) is 0 Å². The Hall–Kier alpha value is -2.23. The highest BCUT2D eigenvalue weighted by Gasteiger charge is 2.01. The molecule has 0 aliphatic carbocycles. The summed E-state index contributed by atoms with van der Waals surface area (Å²) in [5, 5.41) is 0. The van der Waals surface area contributed by atoms with Crippen LogP contribution in [-0.4, -0.2) is 18.2 Å². The molecule has 0 saturated carbocycles. The molecule has 1 aromatic rings. The second-order valence-corrected chi connectivity index (χ2v) is 2.60. The summed E-state index contributed by atoms with van der Waals surface area (Å²) in [5.74, 6) is -1.19. The molecule has 0 spiro atoms. The van der Waals surface area contributed by atoms with Gasteiger partial charge in [-0.1, -0.05) is 30.3 Å². The van der Waals surface area contributed by atoms with Gasteiger partial charge >= 0.3 is 12.4 Å². The van der Waals surface area contributed by atoms with Gasteiger partial charge in [0.05, 0.1) is 0 Å². The molecule has 0 fully saturated rings. The van der Waals surface area contributed by atoms with Crippen molar-refractivity contribution in [3.8, 4) is 0 Å². The average Bonchev–Trinajstić information content (AvgIpc) is 2.27. The lowest BCUT2D eigenvalue weighted by atomic mass is 10.1. The van der Waals surface area contributed by atoms with Crippen molar-refractivity contribution < 1.29 is 19.1 Å². The van der Waals surface area contributed by atoms with Crippen LogP contribution in [0.25, 0.3) is 0 Å². The summed E-state index contributed by atoms with van der Waals surface area (Å²) in [4.78, 5) is 31.8. The minimum atomic E-state index is -0.866. The number of hydrogen-bond donors (Lipinski definition) is 0. The third-order valence-electron chi connectivity index (χ3n) is 1.59. The first kappa shape index (κ1) is 10.8. The zero-order valence-corrected chi connectivity index (χ0v) is 7.75. The molecule has 0 N–H and O–H groups in total. The quantitative estimate of drug-likeness (QED) is 0.242. The van der Waals surface area contributed by atoms with Gasteiger partial charge in [-0.2, -0.15) is 0 Å². The number of allylic oxidation sites excluding steroid dienone is 1. The number of ketones is 1. The molecule has 0 atom stereocenters. The lowest BCUT2D eigenvalue weighted by Crippen LogP contribution is -2.00.